The predicted molar refractivity (Wildman–Crippen MR) is 90.6 cm³/mol. The molecule has 2 aliphatic rings. The highest BCUT2D eigenvalue weighted by Gasteiger charge is 2.58. The molecule has 7 heteroatoms. The molecule has 0 radical (unpaired) electrons. The van der Waals surface area contributed by atoms with Gasteiger partial charge in [-0.2, -0.15) is 0 Å². The fraction of sp³-hybridized carbons (Fsp3) is 0.471. The molecule has 24 heavy (non-hydrogen) atoms. The maximum Gasteiger partial charge on any atom is 0.240 e. The van der Waals surface area contributed by atoms with Crippen LogP contribution in [0.5, 0.6) is 0 Å². The fourth-order valence-electron chi connectivity index (χ4n) is 2.97. The number of nitrogens with one attached hydrogen (secondary N) is 1. The number of anilines is 1. The summed E-state index contributed by atoms with van der Waals surface area (Å²) in [6.45, 7) is 3.54. The number of hydrogen-bond acceptors (Lipinski definition) is 3. The van der Waals surface area contributed by atoms with E-state index in [9.17, 15) is 14.4 Å². The van der Waals surface area contributed by atoms with Gasteiger partial charge in [0.2, 0.25) is 17.7 Å². The molecule has 1 heterocycles. The minimum absolute atomic E-state index is 0.0173. The average molecular weight is 350 g/mol. The maximum atomic E-state index is 12.8. The van der Waals surface area contributed by atoms with Crippen molar-refractivity contribution in [3.63, 3.8) is 0 Å². The third-order valence-corrected chi connectivity index (χ3v) is 4.96. The first-order valence-electron chi connectivity index (χ1n) is 8.04. The third-order valence-electron chi connectivity index (χ3n) is 4.71. The molecule has 1 aromatic rings. The predicted octanol–water partition coefficient (Wildman–Crippen LogP) is 1.75. The fourth-order valence-corrected chi connectivity index (χ4v) is 3.10. The van der Waals surface area contributed by atoms with E-state index in [2.05, 4.69) is 5.32 Å². The Hall–Kier alpha value is -2.08. The standard InChI is InChI=1S/C17H20ClN3O3/c1-12(22)20-8-10-21(11-9-20)16(24)17(6-7-17)15(23)19-14-4-2-13(18)3-5-14/h2-5H,6-11H2,1H3,(H,19,23). The molecule has 1 aliphatic heterocycles. The van der Waals surface area contributed by atoms with Crippen LogP contribution in [0.4, 0.5) is 5.69 Å². The van der Waals surface area contributed by atoms with Crippen LogP contribution in [0.25, 0.3) is 0 Å². The molecule has 1 aromatic carbocycles. The van der Waals surface area contributed by atoms with Crippen molar-refractivity contribution in [2.75, 3.05) is 31.5 Å². The van der Waals surface area contributed by atoms with Gasteiger partial charge in [0.15, 0.2) is 0 Å². The molecule has 3 rings (SSSR count). The number of carbonyl (C=O) groups is 3. The SMILES string of the molecule is CC(=O)N1CCN(C(=O)C2(C(=O)Nc3ccc(Cl)cc3)CC2)CC1. The molecule has 3 amide bonds. The molecule has 128 valence electrons. The van der Waals surface area contributed by atoms with E-state index in [4.69, 9.17) is 11.6 Å². The Balaban J connectivity index is 1.63. The van der Waals surface area contributed by atoms with Gasteiger partial charge in [-0.1, -0.05) is 11.6 Å². The number of nitrogens with zero attached hydrogens (tertiary/aromatic N) is 2. The van der Waals surface area contributed by atoms with Crippen molar-refractivity contribution in [3.8, 4) is 0 Å². The van der Waals surface area contributed by atoms with Crippen LogP contribution >= 0.6 is 11.6 Å². The van der Waals surface area contributed by atoms with Crippen molar-refractivity contribution in [3.05, 3.63) is 29.3 Å². The molecular formula is C17H20ClN3O3. The van der Waals surface area contributed by atoms with Crippen LogP contribution < -0.4 is 5.32 Å². The van der Waals surface area contributed by atoms with Gasteiger partial charge in [-0.25, -0.2) is 0 Å². The van der Waals surface area contributed by atoms with Gasteiger partial charge in [-0.3, -0.25) is 14.4 Å². The summed E-state index contributed by atoms with van der Waals surface area (Å²) in [5.74, 6) is -0.371. The number of amides is 3. The number of rotatable bonds is 3. The quantitative estimate of drug-likeness (QED) is 0.845. The molecule has 0 spiro atoms. The Kier molecular flexibility index (Phi) is 4.49. The lowest BCUT2D eigenvalue weighted by Gasteiger charge is -2.35. The van der Waals surface area contributed by atoms with Gasteiger partial charge in [0.1, 0.15) is 5.41 Å². The van der Waals surface area contributed by atoms with Crippen molar-refractivity contribution >= 4 is 35.0 Å². The molecular weight excluding hydrogens is 330 g/mol. The van der Waals surface area contributed by atoms with Gasteiger partial charge < -0.3 is 15.1 Å². The van der Waals surface area contributed by atoms with Crippen LogP contribution in [0.1, 0.15) is 19.8 Å². The van der Waals surface area contributed by atoms with Crippen molar-refractivity contribution in [2.45, 2.75) is 19.8 Å². The number of hydrogen-bond donors (Lipinski definition) is 1. The van der Waals surface area contributed by atoms with Crippen LogP contribution in [0.3, 0.4) is 0 Å². The topological polar surface area (TPSA) is 69.7 Å². The van der Waals surface area contributed by atoms with Gasteiger partial charge in [-0.15, -0.1) is 0 Å². The molecule has 0 aromatic heterocycles. The van der Waals surface area contributed by atoms with E-state index in [1.54, 1.807) is 34.1 Å². The Morgan fingerprint density at radius 1 is 1.00 bits per heavy atom. The second kappa shape index (κ2) is 6.43. The summed E-state index contributed by atoms with van der Waals surface area (Å²) in [7, 11) is 0. The summed E-state index contributed by atoms with van der Waals surface area (Å²) in [5.41, 5.74) is -0.317. The molecule has 1 N–H and O–H groups in total. The van der Waals surface area contributed by atoms with Crippen LogP contribution in [0.2, 0.25) is 5.02 Å². The zero-order chi connectivity index (χ0) is 17.3. The average Bonchev–Trinajstić information content (AvgIpc) is 3.38. The largest absolute Gasteiger partial charge is 0.339 e. The first kappa shape index (κ1) is 16.8. The Morgan fingerprint density at radius 2 is 1.54 bits per heavy atom. The Labute approximate surface area is 145 Å². The van der Waals surface area contributed by atoms with Gasteiger partial charge in [0, 0.05) is 43.8 Å². The molecule has 0 unspecified atom stereocenters. The lowest BCUT2D eigenvalue weighted by Crippen LogP contribution is -2.53. The Morgan fingerprint density at radius 3 is 2.04 bits per heavy atom. The normalized spacial score (nSPS) is 18.9. The summed E-state index contributed by atoms with van der Waals surface area (Å²) in [5, 5.41) is 3.40. The molecule has 1 saturated heterocycles. The monoisotopic (exact) mass is 349 g/mol. The van der Waals surface area contributed by atoms with Crippen LogP contribution in [0.15, 0.2) is 24.3 Å². The van der Waals surface area contributed by atoms with E-state index >= 15 is 0 Å². The zero-order valence-corrected chi connectivity index (χ0v) is 14.3. The molecule has 6 nitrogen and oxygen atoms in total. The van der Waals surface area contributed by atoms with Crippen molar-refractivity contribution in [1.82, 2.24) is 9.80 Å². The lowest BCUT2D eigenvalue weighted by atomic mass is 10.0. The second-order valence-electron chi connectivity index (χ2n) is 6.34. The molecule has 0 bridgehead atoms. The van der Waals surface area contributed by atoms with Crippen molar-refractivity contribution < 1.29 is 14.4 Å². The lowest BCUT2D eigenvalue weighted by molar-refractivity contribution is -0.146. The van der Waals surface area contributed by atoms with Gasteiger partial charge >= 0.3 is 0 Å². The summed E-state index contributed by atoms with van der Waals surface area (Å²) in [6, 6.07) is 6.82. The third kappa shape index (κ3) is 3.24. The van der Waals surface area contributed by atoms with Crippen LogP contribution in [-0.2, 0) is 14.4 Å². The summed E-state index contributed by atoms with van der Waals surface area (Å²) < 4.78 is 0. The van der Waals surface area contributed by atoms with Crippen molar-refractivity contribution in [1.29, 1.82) is 0 Å². The Bertz CT molecular complexity index is 662. The highest BCUT2D eigenvalue weighted by atomic mass is 35.5. The minimum atomic E-state index is -0.946. The van der Waals surface area contributed by atoms with Gasteiger partial charge in [-0.05, 0) is 37.1 Å². The number of piperazine rings is 1. The molecule has 1 saturated carbocycles. The van der Waals surface area contributed by atoms with E-state index in [0.717, 1.165) is 0 Å². The van der Waals surface area contributed by atoms with E-state index < -0.39 is 5.41 Å². The van der Waals surface area contributed by atoms with E-state index in [0.29, 0.717) is 49.7 Å². The number of halogens is 1. The molecule has 2 fully saturated rings. The van der Waals surface area contributed by atoms with Crippen LogP contribution in [-0.4, -0.2) is 53.7 Å². The number of carbonyl (C=O) groups excluding carboxylic acids is 3. The van der Waals surface area contributed by atoms with Crippen molar-refractivity contribution in [2.24, 2.45) is 5.41 Å². The van der Waals surface area contributed by atoms with E-state index in [1.807, 2.05) is 0 Å². The minimum Gasteiger partial charge on any atom is -0.339 e. The highest BCUT2D eigenvalue weighted by molar-refractivity contribution is 6.30. The summed E-state index contributed by atoms with van der Waals surface area (Å²) >= 11 is 5.84. The summed E-state index contributed by atoms with van der Waals surface area (Å²) in [4.78, 5) is 40.2. The first-order valence-corrected chi connectivity index (χ1v) is 8.42. The highest BCUT2D eigenvalue weighted by Crippen LogP contribution is 2.48. The number of benzene rings is 1. The maximum absolute atomic E-state index is 12.8. The second-order valence-corrected chi connectivity index (χ2v) is 6.78. The van der Waals surface area contributed by atoms with Gasteiger partial charge in [0.25, 0.3) is 0 Å². The smallest absolute Gasteiger partial charge is 0.240 e. The summed E-state index contributed by atoms with van der Waals surface area (Å²) in [6.07, 6.45) is 1.14. The van der Waals surface area contributed by atoms with E-state index in [1.165, 1.54) is 6.92 Å². The van der Waals surface area contributed by atoms with E-state index in [-0.39, 0.29) is 17.7 Å². The first-order chi connectivity index (χ1) is 11.4. The molecule has 1 aliphatic carbocycles. The van der Waals surface area contributed by atoms with Gasteiger partial charge in [0.05, 0.1) is 0 Å². The molecule has 0 atom stereocenters. The zero-order valence-electron chi connectivity index (χ0n) is 13.5. The van der Waals surface area contributed by atoms with Crippen LogP contribution in [0, 0.1) is 5.41 Å².